The summed E-state index contributed by atoms with van der Waals surface area (Å²) in [5.74, 6) is 1.03. The van der Waals surface area contributed by atoms with Gasteiger partial charge in [0.05, 0.1) is 0 Å². The summed E-state index contributed by atoms with van der Waals surface area (Å²) in [6, 6.07) is 6.84. The predicted octanol–water partition coefficient (Wildman–Crippen LogP) is 2.35. The normalized spacial score (nSPS) is 21.4. The van der Waals surface area contributed by atoms with E-state index in [1.807, 2.05) is 6.07 Å². The van der Waals surface area contributed by atoms with E-state index >= 15 is 0 Å². The molecule has 3 nitrogen and oxygen atoms in total. The average Bonchev–Trinajstić information content (AvgIpc) is 3.37. The van der Waals surface area contributed by atoms with Crippen LogP contribution >= 0.6 is 0 Å². The van der Waals surface area contributed by atoms with Gasteiger partial charge in [-0.2, -0.15) is 0 Å². The Bertz CT molecular complexity index is 532. The fourth-order valence-corrected chi connectivity index (χ4v) is 3.14. The number of nitrogens with zero attached hydrogens (tertiary/aromatic N) is 1. The molecule has 0 unspecified atom stereocenters. The molecule has 1 N–H and O–H groups in total. The van der Waals surface area contributed by atoms with Crippen LogP contribution in [0.3, 0.4) is 0 Å². The summed E-state index contributed by atoms with van der Waals surface area (Å²) in [7, 11) is 0. The van der Waals surface area contributed by atoms with Gasteiger partial charge in [0.15, 0.2) is 0 Å². The molecular weight excluding hydrogens is 248 g/mol. The van der Waals surface area contributed by atoms with Crippen molar-refractivity contribution in [2.45, 2.75) is 44.7 Å². The third-order valence-electron chi connectivity index (χ3n) is 4.74. The molecule has 106 valence electrons. The number of rotatable bonds is 4. The van der Waals surface area contributed by atoms with Crippen molar-refractivity contribution in [3.8, 4) is 0 Å². The number of carbonyl (C=O) groups is 1. The summed E-state index contributed by atoms with van der Waals surface area (Å²) in [6.45, 7) is 2.94. The Morgan fingerprint density at radius 3 is 2.80 bits per heavy atom. The van der Waals surface area contributed by atoms with E-state index < -0.39 is 0 Å². The second-order valence-corrected chi connectivity index (χ2v) is 6.54. The summed E-state index contributed by atoms with van der Waals surface area (Å²) in [5.41, 5.74) is 3.60. The SMILES string of the molecule is O=C(c1ccc2c(c1)CNCC2)N(CC1CC1)C1CC1. The maximum absolute atomic E-state index is 12.8. The van der Waals surface area contributed by atoms with Crippen LogP contribution in [0.5, 0.6) is 0 Å². The minimum Gasteiger partial charge on any atom is -0.335 e. The van der Waals surface area contributed by atoms with Crippen LogP contribution in [0.4, 0.5) is 0 Å². The lowest BCUT2D eigenvalue weighted by Gasteiger charge is -2.24. The largest absolute Gasteiger partial charge is 0.335 e. The van der Waals surface area contributed by atoms with Gasteiger partial charge in [0.25, 0.3) is 5.91 Å². The van der Waals surface area contributed by atoms with E-state index in [1.165, 1.54) is 36.8 Å². The lowest BCUT2D eigenvalue weighted by molar-refractivity contribution is 0.0734. The number of benzene rings is 1. The van der Waals surface area contributed by atoms with Crippen molar-refractivity contribution < 1.29 is 4.79 Å². The van der Waals surface area contributed by atoms with Crippen molar-refractivity contribution in [3.05, 3.63) is 34.9 Å². The first kappa shape index (κ1) is 12.4. The molecule has 20 heavy (non-hydrogen) atoms. The van der Waals surface area contributed by atoms with Gasteiger partial charge < -0.3 is 10.2 Å². The van der Waals surface area contributed by atoms with Gasteiger partial charge in [-0.3, -0.25) is 4.79 Å². The van der Waals surface area contributed by atoms with Gasteiger partial charge in [-0.15, -0.1) is 0 Å². The maximum Gasteiger partial charge on any atom is 0.254 e. The zero-order chi connectivity index (χ0) is 13.5. The van der Waals surface area contributed by atoms with Crippen molar-refractivity contribution in [3.63, 3.8) is 0 Å². The highest BCUT2D eigenvalue weighted by Crippen LogP contribution is 2.35. The summed E-state index contributed by atoms with van der Waals surface area (Å²) in [6.07, 6.45) is 6.10. The molecule has 0 saturated heterocycles. The molecule has 1 heterocycles. The zero-order valence-corrected chi connectivity index (χ0v) is 11.9. The molecule has 2 fully saturated rings. The Kier molecular flexibility index (Phi) is 3.03. The van der Waals surface area contributed by atoms with E-state index in [9.17, 15) is 4.79 Å². The number of nitrogens with one attached hydrogen (secondary N) is 1. The van der Waals surface area contributed by atoms with Gasteiger partial charge in [0.1, 0.15) is 0 Å². The van der Waals surface area contributed by atoms with Crippen molar-refractivity contribution in [1.29, 1.82) is 0 Å². The molecule has 0 spiro atoms. The van der Waals surface area contributed by atoms with Crippen molar-refractivity contribution in [2.24, 2.45) is 5.92 Å². The number of amides is 1. The first-order valence-electron chi connectivity index (χ1n) is 7.95. The summed E-state index contributed by atoms with van der Waals surface area (Å²) in [4.78, 5) is 14.9. The smallest absolute Gasteiger partial charge is 0.254 e. The molecule has 2 aliphatic carbocycles. The first-order valence-corrected chi connectivity index (χ1v) is 7.95. The second-order valence-electron chi connectivity index (χ2n) is 6.54. The Labute approximate surface area is 120 Å². The second kappa shape index (κ2) is 4.88. The van der Waals surface area contributed by atoms with E-state index in [-0.39, 0.29) is 5.91 Å². The molecule has 0 atom stereocenters. The number of carbonyl (C=O) groups excluding carboxylic acids is 1. The third kappa shape index (κ3) is 2.47. The van der Waals surface area contributed by atoms with Gasteiger partial charge in [-0.1, -0.05) is 6.07 Å². The fraction of sp³-hybridized carbons (Fsp3) is 0.588. The molecule has 1 amide bonds. The highest BCUT2D eigenvalue weighted by Gasteiger charge is 2.36. The molecule has 3 aliphatic rings. The van der Waals surface area contributed by atoms with Gasteiger partial charge >= 0.3 is 0 Å². The minimum absolute atomic E-state index is 0.257. The quantitative estimate of drug-likeness (QED) is 0.911. The lowest BCUT2D eigenvalue weighted by atomic mass is 9.98. The van der Waals surface area contributed by atoms with Gasteiger partial charge in [0.2, 0.25) is 0 Å². The molecule has 3 heteroatoms. The molecule has 0 aromatic heterocycles. The molecule has 1 aliphatic heterocycles. The van der Waals surface area contributed by atoms with E-state index in [1.54, 1.807) is 0 Å². The maximum atomic E-state index is 12.8. The Hall–Kier alpha value is -1.35. The molecular formula is C17H22N2O. The third-order valence-corrected chi connectivity index (χ3v) is 4.74. The predicted molar refractivity (Wildman–Crippen MR) is 78.6 cm³/mol. The van der Waals surface area contributed by atoms with Crippen LogP contribution in [0.25, 0.3) is 0 Å². The van der Waals surface area contributed by atoms with E-state index in [0.717, 1.165) is 37.5 Å². The van der Waals surface area contributed by atoms with Crippen molar-refractivity contribution in [1.82, 2.24) is 10.2 Å². The first-order chi connectivity index (χ1) is 9.81. The zero-order valence-electron chi connectivity index (χ0n) is 11.9. The molecule has 1 aromatic carbocycles. The molecule has 0 bridgehead atoms. The fourth-order valence-electron chi connectivity index (χ4n) is 3.14. The van der Waals surface area contributed by atoms with Crippen LogP contribution in [0.2, 0.25) is 0 Å². The highest BCUT2D eigenvalue weighted by atomic mass is 16.2. The molecule has 0 radical (unpaired) electrons. The molecule has 1 aromatic rings. The van der Waals surface area contributed by atoms with Crippen LogP contribution in [-0.2, 0) is 13.0 Å². The Morgan fingerprint density at radius 1 is 1.20 bits per heavy atom. The highest BCUT2D eigenvalue weighted by molar-refractivity contribution is 5.95. The average molecular weight is 270 g/mol. The molecule has 2 saturated carbocycles. The summed E-state index contributed by atoms with van der Waals surface area (Å²) >= 11 is 0. The van der Waals surface area contributed by atoms with Crippen LogP contribution < -0.4 is 5.32 Å². The van der Waals surface area contributed by atoms with Gasteiger partial charge in [-0.05, 0) is 67.8 Å². The van der Waals surface area contributed by atoms with Gasteiger partial charge in [0, 0.05) is 24.7 Å². The standard InChI is InChI=1S/C17H22N2O/c20-17(19(16-5-6-16)11-12-1-2-12)14-4-3-13-7-8-18-10-15(13)9-14/h3-4,9,12,16,18H,1-2,5-8,10-11H2. The van der Waals surface area contributed by atoms with Crippen molar-refractivity contribution in [2.75, 3.05) is 13.1 Å². The van der Waals surface area contributed by atoms with Crippen LogP contribution in [0, 0.1) is 5.92 Å². The Morgan fingerprint density at radius 2 is 2.05 bits per heavy atom. The minimum atomic E-state index is 0.257. The monoisotopic (exact) mass is 270 g/mol. The number of fused-ring (bicyclic) bond motifs is 1. The van der Waals surface area contributed by atoms with E-state index in [0.29, 0.717) is 6.04 Å². The van der Waals surface area contributed by atoms with E-state index in [4.69, 9.17) is 0 Å². The van der Waals surface area contributed by atoms with Crippen LogP contribution in [0.1, 0.15) is 47.2 Å². The number of hydrogen-bond acceptors (Lipinski definition) is 2. The topological polar surface area (TPSA) is 32.3 Å². The van der Waals surface area contributed by atoms with Gasteiger partial charge in [-0.25, -0.2) is 0 Å². The lowest BCUT2D eigenvalue weighted by Crippen LogP contribution is -2.35. The van der Waals surface area contributed by atoms with Crippen LogP contribution in [-0.4, -0.2) is 29.9 Å². The van der Waals surface area contributed by atoms with E-state index in [2.05, 4.69) is 22.3 Å². The summed E-state index contributed by atoms with van der Waals surface area (Å²) < 4.78 is 0. The van der Waals surface area contributed by atoms with Crippen LogP contribution in [0.15, 0.2) is 18.2 Å². The molecule has 4 rings (SSSR count). The Balaban J connectivity index is 1.56. The summed E-state index contributed by atoms with van der Waals surface area (Å²) in [5, 5.41) is 3.39. The van der Waals surface area contributed by atoms with Crippen molar-refractivity contribution >= 4 is 5.91 Å². The number of hydrogen-bond donors (Lipinski definition) is 1.